The summed E-state index contributed by atoms with van der Waals surface area (Å²) in [5, 5.41) is 18.6. The Morgan fingerprint density at radius 3 is 1.72 bits per heavy atom. The van der Waals surface area contributed by atoms with Crippen LogP contribution in [0.4, 0.5) is 0 Å². The van der Waals surface area contributed by atoms with Crippen LogP contribution in [0.25, 0.3) is 11.1 Å². The summed E-state index contributed by atoms with van der Waals surface area (Å²) in [6.45, 7) is 0. The minimum Gasteiger partial charge on any atom is -0.478 e. The van der Waals surface area contributed by atoms with E-state index in [0.29, 0.717) is 0 Å². The molecule has 0 amide bonds. The third-order valence-electron chi connectivity index (χ3n) is 4.67. The van der Waals surface area contributed by atoms with E-state index in [0.717, 1.165) is 27.8 Å². The van der Waals surface area contributed by atoms with Crippen molar-refractivity contribution in [3.63, 3.8) is 0 Å². The van der Waals surface area contributed by atoms with Crippen molar-refractivity contribution in [3.8, 4) is 11.1 Å². The van der Waals surface area contributed by atoms with E-state index in [2.05, 4.69) is 12.1 Å². The molecule has 4 nitrogen and oxygen atoms in total. The summed E-state index contributed by atoms with van der Waals surface area (Å²) in [4.78, 5) is 22.8. The number of carbonyl (C=O) groups is 2. The van der Waals surface area contributed by atoms with E-state index in [1.54, 1.807) is 6.07 Å². The lowest BCUT2D eigenvalue weighted by molar-refractivity contribution is 0.0651. The molecule has 0 aromatic heterocycles. The molecule has 0 bridgehead atoms. The molecule has 0 saturated carbocycles. The Kier molecular flexibility index (Phi) is 3.39. The monoisotopic (exact) mass is 330 g/mol. The quantitative estimate of drug-likeness (QED) is 0.589. The number of aromatic carboxylic acids is 2. The fourth-order valence-corrected chi connectivity index (χ4v) is 3.62. The van der Waals surface area contributed by atoms with Gasteiger partial charge in [0, 0.05) is 5.92 Å². The van der Waals surface area contributed by atoms with Gasteiger partial charge >= 0.3 is 11.9 Å². The third kappa shape index (κ3) is 2.31. The van der Waals surface area contributed by atoms with Crippen molar-refractivity contribution in [1.29, 1.82) is 0 Å². The first-order chi connectivity index (χ1) is 12.1. The van der Waals surface area contributed by atoms with E-state index >= 15 is 0 Å². The predicted molar refractivity (Wildman–Crippen MR) is 93.2 cm³/mol. The van der Waals surface area contributed by atoms with Crippen LogP contribution in [0.1, 0.15) is 43.3 Å². The highest BCUT2D eigenvalue weighted by Crippen LogP contribution is 2.47. The Balaban J connectivity index is 1.95. The summed E-state index contributed by atoms with van der Waals surface area (Å²) in [5.41, 5.74) is 4.85. The van der Waals surface area contributed by atoms with Gasteiger partial charge in [0.2, 0.25) is 0 Å². The van der Waals surface area contributed by atoms with Gasteiger partial charge in [-0.05, 0) is 39.9 Å². The lowest BCUT2D eigenvalue weighted by Gasteiger charge is -2.15. The zero-order chi connectivity index (χ0) is 17.6. The fourth-order valence-electron chi connectivity index (χ4n) is 3.62. The van der Waals surface area contributed by atoms with Crippen LogP contribution in [0.15, 0.2) is 66.7 Å². The second-order valence-electron chi connectivity index (χ2n) is 6.02. The Morgan fingerprint density at radius 2 is 1.20 bits per heavy atom. The summed E-state index contributed by atoms with van der Waals surface area (Å²) in [6.07, 6.45) is 0. The Morgan fingerprint density at radius 1 is 0.680 bits per heavy atom. The zero-order valence-corrected chi connectivity index (χ0v) is 13.1. The summed E-state index contributed by atoms with van der Waals surface area (Å²) in [5.74, 6) is -2.58. The van der Waals surface area contributed by atoms with Crippen molar-refractivity contribution < 1.29 is 19.8 Å². The van der Waals surface area contributed by atoms with Gasteiger partial charge in [0.05, 0.1) is 11.1 Å². The smallest absolute Gasteiger partial charge is 0.336 e. The van der Waals surface area contributed by atoms with Gasteiger partial charge in [-0.15, -0.1) is 0 Å². The molecule has 0 radical (unpaired) electrons. The summed E-state index contributed by atoms with van der Waals surface area (Å²) in [6, 6.07) is 20.6. The highest BCUT2D eigenvalue weighted by molar-refractivity contribution is 6.02. The molecule has 122 valence electrons. The van der Waals surface area contributed by atoms with Gasteiger partial charge in [-0.1, -0.05) is 54.6 Å². The number of carboxylic acids is 2. The molecule has 0 atom stereocenters. The van der Waals surface area contributed by atoms with Gasteiger partial charge < -0.3 is 10.2 Å². The van der Waals surface area contributed by atoms with Crippen LogP contribution in [-0.4, -0.2) is 22.2 Å². The van der Waals surface area contributed by atoms with E-state index < -0.39 is 11.9 Å². The number of rotatable bonds is 3. The second kappa shape index (κ2) is 5.60. The fraction of sp³-hybridized carbons (Fsp3) is 0.0476. The number of carboxylic acid groups (broad SMARTS) is 2. The van der Waals surface area contributed by atoms with Crippen molar-refractivity contribution in [3.05, 3.63) is 94.5 Å². The molecule has 3 aromatic carbocycles. The summed E-state index contributed by atoms with van der Waals surface area (Å²) in [7, 11) is 0. The molecule has 3 aromatic rings. The van der Waals surface area contributed by atoms with E-state index in [-0.39, 0.29) is 17.0 Å². The van der Waals surface area contributed by atoms with Crippen molar-refractivity contribution in [2.45, 2.75) is 5.92 Å². The van der Waals surface area contributed by atoms with Crippen LogP contribution < -0.4 is 0 Å². The minimum atomic E-state index is -1.24. The van der Waals surface area contributed by atoms with Gasteiger partial charge in [0.15, 0.2) is 0 Å². The number of hydrogen-bond donors (Lipinski definition) is 2. The highest BCUT2D eigenvalue weighted by atomic mass is 16.4. The molecule has 2 N–H and O–H groups in total. The molecular weight excluding hydrogens is 316 g/mol. The first kappa shape index (κ1) is 15.1. The van der Waals surface area contributed by atoms with Gasteiger partial charge in [-0.2, -0.15) is 0 Å². The number of fused-ring (bicyclic) bond motifs is 3. The van der Waals surface area contributed by atoms with Crippen LogP contribution >= 0.6 is 0 Å². The van der Waals surface area contributed by atoms with Gasteiger partial charge in [-0.25, -0.2) is 9.59 Å². The highest BCUT2D eigenvalue weighted by Gasteiger charge is 2.30. The van der Waals surface area contributed by atoms with Gasteiger partial charge in [-0.3, -0.25) is 0 Å². The first-order valence-corrected chi connectivity index (χ1v) is 7.86. The molecule has 0 heterocycles. The lowest BCUT2D eigenvalue weighted by atomic mass is 9.87. The molecule has 4 rings (SSSR count). The minimum absolute atomic E-state index is 0.103. The van der Waals surface area contributed by atoms with Gasteiger partial charge in [0.25, 0.3) is 0 Å². The standard InChI is InChI=1S/C21H14O4/c22-20(23)17-10-9-12(11-18(17)21(24)25)19-15-7-3-1-5-13(15)14-6-2-4-8-16(14)19/h1-11,19H,(H,22,23)(H,24,25). The van der Waals surface area contributed by atoms with Crippen LogP contribution in [-0.2, 0) is 0 Å². The van der Waals surface area contributed by atoms with Crippen LogP contribution in [0.3, 0.4) is 0 Å². The van der Waals surface area contributed by atoms with Crippen LogP contribution in [0.2, 0.25) is 0 Å². The van der Waals surface area contributed by atoms with E-state index in [9.17, 15) is 19.8 Å². The van der Waals surface area contributed by atoms with Crippen molar-refractivity contribution in [1.82, 2.24) is 0 Å². The van der Waals surface area contributed by atoms with Crippen molar-refractivity contribution in [2.75, 3.05) is 0 Å². The molecule has 0 aliphatic heterocycles. The van der Waals surface area contributed by atoms with Crippen molar-refractivity contribution >= 4 is 11.9 Å². The third-order valence-corrected chi connectivity index (χ3v) is 4.67. The average Bonchev–Trinajstić information content (AvgIpc) is 2.95. The predicted octanol–water partition coefficient (Wildman–Crippen LogP) is 4.24. The topological polar surface area (TPSA) is 74.6 Å². The zero-order valence-electron chi connectivity index (χ0n) is 13.1. The first-order valence-electron chi connectivity index (χ1n) is 7.86. The maximum absolute atomic E-state index is 11.5. The molecule has 0 saturated heterocycles. The maximum Gasteiger partial charge on any atom is 0.336 e. The number of hydrogen-bond acceptors (Lipinski definition) is 2. The second-order valence-corrected chi connectivity index (χ2v) is 6.02. The Hall–Kier alpha value is -3.40. The molecular formula is C21H14O4. The number of benzene rings is 3. The largest absolute Gasteiger partial charge is 0.478 e. The summed E-state index contributed by atoms with van der Waals surface area (Å²) >= 11 is 0. The van der Waals surface area contributed by atoms with E-state index in [1.807, 2.05) is 36.4 Å². The molecule has 0 fully saturated rings. The summed E-state index contributed by atoms with van der Waals surface area (Å²) < 4.78 is 0. The Labute approximate surface area is 144 Å². The normalized spacial score (nSPS) is 12.5. The average molecular weight is 330 g/mol. The SMILES string of the molecule is O=C(O)c1ccc(C2c3ccccc3-c3ccccc32)cc1C(=O)O. The molecule has 1 aliphatic rings. The molecule has 1 aliphatic carbocycles. The van der Waals surface area contributed by atoms with Crippen LogP contribution in [0.5, 0.6) is 0 Å². The molecule has 25 heavy (non-hydrogen) atoms. The van der Waals surface area contributed by atoms with E-state index in [1.165, 1.54) is 12.1 Å². The maximum atomic E-state index is 11.5. The molecule has 0 spiro atoms. The van der Waals surface area contributed by atoms with Crippen LogP contribution in [0, 0.1) is 0 Å². The molecule has 0 unspecified atom stereocenters. The lowest BCUT2D eigenvalue weighted by Crippen LogP contribution is -2.10. The molecule has 4 heteroatoms. The van der Waals surface area contributed by atoms with E-state index in [4.69, 9.17) is 0 Å². The van der Waals surface area contributed by atoms with Crippen molar-refractivity contribution in [2.24, 2.45) is 0 Å². The Bertz CT molecular complexity index is 974. The van der Waals surface area contributed by atoms with Gasteiger partial charge in [0.1, 0.15) is 0 Å².